The van der Waals surface area contributed by atoms with Gasteiger partial charge >= 0.3 is 6.09 Å². The predicted molar refractivity (Wildman–Crippen MR) is 120 cm³/mol. The van der Waals surface area contributed by atoms with Crippen molar-refractivity contribution in [2.45, 2.75) is 59.6 Å². The first kappa shape index (κ1) is 24.4. The van der Waals surface area contributed by atoms with E-state index in [1.807, 2.05) is 41.5 Å². The van der Waals surface area contributed by atoms with E-state index in [-0.39, 0.29) is 29.1 Å². The lowest BCUT2D eigenvalue weighted by atomic mass is 9.85. The summed E-state index contributed by atoms with van der Waals surface area (Å²) in [5, 5.41) is 10.9. The van der Waals surface area contributed by atoms with Crippen LogP contribution in [0.15, 0.2) is 30.3 Å². The molecule has 1 atom stereocenters. The maximum atomic E-state index is 12.9. The number of hydrogen-bond acceptors (Lipinski definition) is 5. The highest BCUT2D eigenvalue weighted by molar-refractivity contribution is 5.92. The Bertz CT molecular complexity index is 852. The molecule has 0 aromatic heterocycles. The van der Waals surface area contributed by atoms with Crippen LogP contribution in [-0.4, -0.2) is 58.0 Å². The molecule has 1 unspecified atom stereocenters. The van der Waals surface area contributed by atoms with Gasteiger partial charge in [-0.1, -0.05) is 32.9 Å². The van der Waals surface area contributed by atoms with Crippen LogP contribution in [0.5, 0.6) is 0 Å². The third-order valence-electron chi connectivity index (χ3n) is 5.04. The highest BCUT2D eigenvalue weighted by atomic mass is 16.6. The van der Waals surface area contributed by atoms with Gasteiger partial charge in [0.15, 0.2) is 0 Å². The molecule has 1 aromatic carbocycles. The maximum absolute atomic E-state index is 12.9. The lowest BCUT2D eigenvalue weighted by Gasteiger charge is -2.40. The molecule has 31 heavy (non-hydrogen) atoms. The number of non-ortho nitro benzene ring substituents is 1. The molecule has 0 aliphatic carbocycles. The lowest BCUT2D eigenvalue weighted by molar-refractivity contribution is -0.384. The van der Waals surface area contributed by atoms with Crippen molar-refractivity contribution in [3.63, 3.8) is 0 Å². The number of benzene rings is 1. The largest absolute Gasteiger partial charge is 0.444 e. The van der Waals surface area contributed by atoms with Gasteiger partial charge in [-0.05, 0) is 44.2 Å². The van der Waals surface area contributed by atoms with Crippen molar-refractivity contribution in [2.24, 2.45) is 5.41 Å². The number of amides is 2. The summed E-state index contributed by atoms with van der Waals surface area (Å²) in [6.45, 7) is 13.1. The molecule has 8 nitrogen and oxygen atoms in total. The van der Waals surface area contributed by atoms with Gasteiger partial charge in [-0.15, -0.1) is 0 Å². The van der Waals surface area contributed by atoms with Crippen LogP contribution in [0.1, 0.15) is 53.5 Å². The Morgan fingerprint density at radius 3 is 2.42 bits per heavy atom. The Hall–Kier alpha value is -2.90. The van der Waals surface area contributed by atoms with Crippen molar-refractivity contribution in [3.05, 3.63) is 46.0 Å². The van der Waals surface area contributed by atoms with Crippen LogP contribution in [0.3, 0.4) is 0 Å². The Morgan fingerprint density at radius 1 is 1.16 bits per heavy atom. The fourth-order valence-electron chi connectivity index (χ4n) is 3.48. The highest BCUT2D eigenvalue weighted by Crippen LogP contribution is 2.29. The van der Waals surface area contributed by atoms with Gasteiger partial charge in [-0.25, -0.2) is 4.79 Å². The Morgan fingerprint density at radius 2 is 1.84 bits per heavy atom. The first-order valence-electron chi connectivity index (χ1n) is 10.5. The van der Waals surface area contributed by atoms with Crippen LogP contribution in [0, 0.1) is 15.5 Å². The van der Waals surface area contributed by atoms with Crippen LogP contribution in [0.25, 0.3) is 6.08 Å². The van der Waals surface area contributed by atoms with E-state index in [4.69, 9.17) is 4.74 Å². The number of rotatable bonds is 3. The number of ether oxygens (including phenoxy) is 1. The van der Waals surface area contributed by atoms with E-state index in [1.165, 1.54) is 18.2 Å². The number of carbonyl (C=O) groups excluding carboxylic acids is 2. The number of hydrogen-bond donors (Lipinski definition) is 0. The molecule has 170 valence electrons. The maximum Gasteiger partial charge on any atom is 0.410 e. The van der Waals surface area contributed by atoms with Gasteiger partial charge in [-0.3, -0.25) is 14.9 Å². The summed E-state index contributed by atoms with van der Waals surface area (Å²) in [5.74, 6) is -0.188. The van der Waals surface area contributed by atoms with Crippen LogP contribution in [-0.2, 0) is 9.53 Å². The van der Waals surface area contributed by atoms with Crippen molar-refractivity contribution < 1.29 is 19.2 Å². The van der Waals surface area contributed by atoms with Crippen LogP contribution < -0.4 is 0 Å². The molecular formula is C23H33N3O5. The minimum atomic E-state index is -0.595. The molecule has 1 aliphatic heterocycles. The monoisotopic (exact) mass is 431 g/mol. The quantitative estimate of drug-likeness (QED) is 0.399. The zero-order valence-electron chi connectivity index (χ0n) is 19.3. The molecule has 0 bridgehead atoms. The molecule has 8 heteroatoms. The number of nitrogens with zero attached hydrogens (tertiary/aromatic N) is 3. The molecule has 1 fully saturated rings. The highest BCUT2D eigenvalue weighted by Gasteiger charge is 2.39. The van der Waals surface area contributed by atoms with Crippen molar-refractivity contribution in [2.75, 3.05) is 19.6 Å². The van der Waals surface area contributed by atoms with E-state index in [2.05, 4.69) is 0 Å². The molecule has 2 amide bonds. The van der Waals surface area contributed by atoms with Crippen molar-refractivity contribution in [1.82, 2.24) is 9.80 Å². The van der Waals surface area contributed by atoms with E-state index in [1.54, 1.807) is 28.0 Å². The molecule has 1 aromatic rings. The van der Waals surface area contributed by atoms with E-state index in [0.29, 0.717) is 31.6 Å². The SMILES string of the molecule is CC(C)(C)OC(=O)N1CCCN(C(=O)C=Cc2cccc([N+](=O)[O-])c2)CC1C(C)(C)C. The predicted octanol–water partition coefficient (Wildman–Crippen LogP) is 4.49. The molecule has 1 heterocycles. The second kappa shape index (κ2) is 9.49. The lowest BCUT2D eigenvalue weighted by Crippen LogP contribution is -2.53. The number of nitro groups is 1. The third-order valence-corrected chi connectivity index (χ3v) is 5.04. The summed E-state index contributed by atoms with van der Waals surface area (Å²) in [7, 11) is 0. The van der Waals surface area contributed by atoms with E-state index < -0.39 is 10.5 Å². The van der Waals surface area contributed by atoms with E-state index in [9.17, 15) is 19.7 Å². The fourth-order valence-corrected chi connectivity index (χ4v) is 3.48. The van der Waals surface area contributed by atoms with Gasteiger partial charge < -0.3 is 14.5 Å². The first-order chi connectivity index (χ1) is 14.3. The molecule has 0 saturated carbocycles. The first-order valence-corrected chi connectivity index (χ1v) is 10.5. The Balaban J connectivity index is 2.19. The van der Waals surface area contributed by atoms with Gasteiger partial charge in [0.1, 0.15) is 5.60 Å². The standard InChI is InChI=1S/C23H33N3O5/c1-22(2,3)19-16-24(13-8-14-25(19)21(28)31-23(4,5)6)20(27)12-11-17-9-7-10-18(15-17)26(29)30/h7,9-12,15,19H,8,13-14,16H2,1-6H3. The molecular weight excluding hydrogens is 398 g/mol. The Kier molecular flexibility index (Phi) is 7.46. The molecule has 0 radical (unpaired) electrons. The average molecular weight is 432 g/mol. The minimum absolute atomic E-state index is 0.0230. The molecule has 2 rings (SSSR count). The summed E-state index contributed by atoms with van der Waals surface area (Å²) < 4.78 is 5.60. The van der Waals surface area contributed by atoms with Crippen molar-refractivity contribution in [3.8, 4) is 0 Å². The van der Waals surface area contributed by atoms with Gasteiger partial charge in [0.25, 0.3) is 5.69 Å². The second-order valence-electron chi connectivity index (χ2n) is 9.88. The molecule has 1 aliphatic rings. The summed E-state index contributed by atoms with van der Waals surface area (Å²) in [6.07, 6.45) is 3.29. The summed E-state index contributed by atoms with van der Waals surface area (Å²) >= 11 is 0. The minimum Gasteiger partial charge on any atom is -0.444 e. The average Bonchev–Trinajstić information content (AvgIpc) is 2.88. The van der Waals surface area contributed by atoms with E-state index >= 15 is 0 Å². The van der Waals surface area contributed by atoms with E-state index in [0.717, 1.165) is 0 Å². The summed E-state index contributed by atoms with van der Waals surface area (Å²) in [4.78, 5) is 39.7. The third kappa shape index (κ3) is 7.08. The topological polar surface area (TPSA) is 93.0 Å². The summed E-state index contributed by atoms with van der Waals surface area (Å²) in [6, 6.07) is 5.92. The number of carbonyl (C=O) groups is 2. The number of nitro benzene ring substituents is 1. The zero-order valence-corrected chi connectivity index (χ0v) is 19.3. The normalized spacial score (nSPS) is 18.1. The smallest absolute Gasteiger partial charge is 0.410 e. The fraction of sp³-hybridized carbons (Fsp3) is 0.565. The molecule has 0 spiro atoms. The summed E-state index contributed by atoms with van der Waals surface area (Å²) in [5.41, 5.74) is -0.295. The zero-order chi connectivity index (χ0) is 23.4. The van der Waals surface area contributed by atoms with Crippen LogP contribution in [0.2, 0.25) is 0 Å². The van der Waals surface area contributed by atoms with Crippen LogP contribution >= 0.6 is 0 Å². The molecule has 1 saturated heterocycles. The molecule has 0 N–H and O–H groups in total. The Labute approximate surface area is 184 Å². The van der Waals surface area contributed by atoms with Gasteiger partial charge in [0.05, 0.1) is 11.0 Å². The van der Waals surface area contributed by atoms with Crippen molar-refractivity contribution in [1.29, 1.82) is 0 Å². The van der Waals surface area contributed by atoms with Crippen LogP contribution in [0.4, 0.5) is 10.5 Å². The van der Waals surface area contributed by atoms with Crippen molar-refractivity contribution >= 4 is 23.8 Å². The van der Waals surface area contributed by atoms with Gasteiger partial charge in [0, 0.05) is 37.8 Å². The van der Waals surface area contributed by atoms with Gasteiger partial charge in [0.2, 0.25) is 5.91 Å². The van der Waals surface area contributed by atoms with Gasteiger partial charge in [-0.2, -0.15) is 0 Å². The second-order valence-corrected chi connectivity index (χ2v) is 9.88.